The van der Waals surface area contributed by atoms with E-state index in [0.29, 0.717) is 26.1 Å². The van der Waals surface area contributed by atoms with Crippen LogP contribution in [0.2, 0.25) is 0 Å². The lowest BCUT2D eigenvalue weighted by molar-refractivity contribution is 0.107. The van der Waals surface area contributed by atoms with Gasteiger partial charge in [-0.25, -0.2) is 9.37 Å². The number of aliphatic hydroxyl groups is 1. The van der Waals surface area contributed by atoms with Crippen molar-refractivity contribution in [3.8, 4) is 0 Å². The van der Waals surface area contributed by atoms with Crippen molar-refractivity contribution in [3.05, 3.63) is 52.0 Å². The Bertz CT molecular complexity index is 666. The zero-order chi connectivity index (χ0) is 17.8. The standard InChI is InChI=1S/C19H26FN3OS/c1-14-21-17(13-25-14)10-23-9-16(20)8-18(23)11-22(2)12-19(24)15-6-4-3-5-7-15/h3-7,13,16,18-19,24H,8-12H2,1-2H3/t16-,18-,19?/m0/s1. The summed E-state index contributed by atoms with van der Waals surface area (Å²) in [5.74, 6) is 0. The molecule has 3 rings (SSSR count). The molecule has 1 aromatic carbocycles. The quantitative estimate of drug-likeness (QED) is 0.821. The van der Waals surface area contributed by atoms with E-state index in [9.17, 15) is 9.50 Å². The maximum atomic E-state index is 14.0. The van der Waals surface area contributed by atoms with Crippen molar-refractivity contribution in [3.63, 3.8) is 0 Å². The molecule has 1 saturated heterocycles. The van der Waals surface area contributed by atoms with Gasteiger partial charge in [0.25, 0.3) is 0 Å². The van der Waals surface area contributed by atoms with Gasteiger partial charge in [-0.15, -0.1) is 11.3 Å². The van der Waals surface area contributed by atoms with Crippen molar-refractivity contribution >= 4 is 11.3 Å². The second kappa shape index (κ2) is 8.36. The third-order valence-corrected chi connectivity index (χ3v) is 5.52. The highest BCUT2D eigenvalue weighted by Crippen LogP contribution is 2.24. The second-order valence-electron chi connectivity index (χ2n) is 6.92. The first-order valence-corrected chi connectivity index (χ1v) is 9.60. The second-order valence-corrected chi connectivity index (χ2v) is 7.98. The van der Waals surface area contributed by atoms with E-state index in [2.05, 4.69) is 20.2 Å². The van der Waals surface area contributed by atoms with Gasteiger partial charge in [-0.05, 0) is 26.0 Å². The van der Waals surface area contributed by atoms with E-state index in [4.69, 9.17) is 0 Å². The first-order valence-electron chi connectivity index (χ1n) is 8.72. The van der Waals surface area contributed by atoms with Crippen LogP contribution in [0.5, 0.6) is 0 Å². The number of alkyl halides is 1. The Morgan fingerprint density at radius 1 is 1.40 bits per heavy atom. The van der Waals surface area contributed by atoms with Crippen LogP contribution >= 0.6 is 11.3 Å². The first-order chi connectivity index (χ1) is 12.0. The average Bonchev–Trinajstić information content (AvgIpc) is 3.14. The van der Waals surface area contributed by atoms with Crippen LogP contribution in [0.1, 0.15) is 28.8 Å². The molecule has 4 nitrogen and oxygen atoms in total. The predicted molar refractivity (Wildman–Crippen MR) is 99.5 cm³/mol. The lowest BCUT2D eigenvalue weighted by atomic mass is 10.1. The zero-order valence-electron chi connectivity index (χ0n) is 14.8. The first kappa shape index (κ1) is 18.5. The van der Waals surface area contributed by atoms with Crippen LogP contribution in [0, 0.1) is 6.92 Å². The van der Waals surface area contributed by atoms with Crippen LogP contribution in [-0.2, 0) is 6.54 Å². The molecule has 2 heterocycles. The maximum absolute atomic E-state index is 14.0. The van der Waals surface area contributed by atoms with Crippen LogP contribution < -0.4 is 0 Å². The van der Waals surface area contributed by atoms with Gasteiger partial charge in [0.2, 0.25) is 0 Å². The molecule has 0 saturated carbocycles. The summed E-state index contributed by atoms with van der Waals surface area (Å²) in [6, 6.07) is 9.83. The van der Waals surface area contributed by atoms with Gasteiger partial charge in [0.1, 0.15) is 6.17 Å². The highest BCUT2D eigenvalue weighted by Gasteiger charge is 2.33. The normalized spacial score (nSPS) is 22.6. The Morgan fingerprint density at radius 2 is 2.16 bits per heavy atom. The molecule has 0 bridgehead atoms. The van der Waals surface area contributed by atoms with Crippen LogP contribution in [0.15, 0.2) is 35.7 Å². The van der Waals surface area contributed by atoms with Crippen LogP contribution in [0.3, 0.4) is 0 Å². The summed E-state index contributed by atoms with van der Waals surface area (Å²) >= 11 is 1.63. The topological polar surface area (TPSA) is 39.6 Å². The zero-order valence-corrected chi connectivity index (χ0v) is 15.6. The Kier molecular flexibility index (Phi) is 6.17. The molecule has 25 heavy (non-hydrogen) atoms. The molecule has 1 aromatic heterocycles. The van der Waals surface area contributed by atoms with Gasteiger partial charge in [-0.2, -0.15) is 0 Å². The number of hydrogen-bond donors (Lipinski definition) is 1. The minimum absolute atomic E-state index is 0.157. The smallest absolute Gasteiger partial charge is 0.114 e. The molecule has 6 heteroatoms. The molecule has 1 unspecified atom stereocenters. The lowest BCUT2D eigenvalue weighted by Crippen LogP contribution is -2.39. The predicted octanol–water partition coefficient (Wildman–Crippen LogP) is 3.03. The summed E-state index contributed by atoms with van der Waals surface area (Å²) < 4.78 is 14.0. The lowest BCUT2D eigenvalue weighted by Gasteiger charge is -2.29. The number of aryl methyl sites for hydroxylation is 1. The maximum Gasteiger partial charge on any atom is 0.114 e. The fourth-order valence-electron chi connectivity index (χ4n) is 3.51. The van der Waals surface area contributed by atoms with E-state index >= 15 is 0 Å². The number of halogens is 1. The molecular weight excluding hydrogens is 337 g/mol. The van der Waals surface area contributed by atoms with Gasteiger partial charge in [0, 0.05) is 37.6 Å². The van der Waals surface area contributed by atoms with Gasteiger partial charge < -0.3 is 10.0 Å². The van der Waals surface area contributed by atoms with Gasteiger partial charge in [0.05, 0.1) is 16.8 Å². The molecule has 0 amide bonds. The monoisotopic (exact) mass is 363 g/mol. The van der Waals surface area contributed by atoms with Crippen molar-refractivity contribution in [2.24, 2.45) is 0 Å². The molecule has 0 radical (unpaired) electrons. The number of likely N-dealkylation sites (N-methyl/N-ethyl adjacent to an activating group) is 1. The minimum Gasteiger partial charge on any atom is -0.387 e. The molecule has 1 aliphatic heterocycles. The van der Waals surface area contributed by atoms with E-state index in [-0.39, 0.29) is 6.04 Å². The fourth-order valence-corrected chi connectivity index (χ4v) is 4.11. The Hall–Kier alpha value is -1.34. The van der Waals surface area contributed by atoms with E-state index in [1.807, 2.05) is 44.3 Å². The molecule has 0 aliphatic carbocycles. The number of rotatable bonds is 7. The molecule has 136 valence electrons. The van der Waals surface area contributed by atoms with E-state index in [1.54, 1.807) is 11.3 Å². The average molecular weight is 364 g/mol. The molecule has 0 spiro atoms. The SMILES string of the molecule is Cc1nc(CN2C[C@@H](F)C[C@H]2CN(C)CC(O)c2ccccc2)cs1. The fraction of sp³-hybridized carbons (Fsp3) is 0.526. The number of benzene rings is 1. The van der Waals surface area contributed by atoms with Crippen molar-refractivity contribution in [1.82, 2.24) is 14.8 Å². The van der Waals surface area contributed by atoms with Gasteiger partial charge in [-0.1, -0.05) is 30.3 Å². The summed E-state index contributed by atoms with van der Waals surface area (Å²) in [4.78, 5) is 8.78. The Labute approximate surface area is 152 Å². The number of thiazole rings is 1. The summed E-state index contributed by atoms with van der Waals surface area (Å²) in [7, 11) is 1.99. The van der Waals surface area contributed by atoms with Crippen molar-refractivity contribution in [2.75, 3.05) is 26.7 Å². The molecule has 1 aliphatic rings. The van der Waals surface area contributed by atoms with Crippen LogP contribution in [0.4, 0.5) is 4.39 Å². The summed E-state index contributed by atoms with van der Waals surface area (Å²) in [5.41, 5.74) is 1.94. The van der Waals surface area contributed by atoms with E-state index in [1.165, 1.54) is 0 Å². The van der Waals surface area contributed by atoms with Gasteiger partial charge >= 0.3 is 0 Å². The number of hydrogen-bond acceptors (Lipinski definition) is 5. The van der Waals surface area contributed by atoms with Crippen LogP contribution in [0.25, 0.3) is 0 Å². The third-order valence-electron chi connectivity index (χ3n) is 4.70. The Balaban J connectivity index is 1.56. The number of aliphatic hydroxyl groups excluding tert-OH is 1. The van der Waals surface area contributed by atoms with Crippen molar-refractivity contribution in [1.29, 1.82) is 0 Å². The van der Waals surface area contributed by atoms with Gasteiger partial charge in [-0.3, -0.25) is 4.90 Å². The molecule has 1 N–H and O–H groups in total. The molecule has 2 aromatic rings. The van der Waals surface area contributed by atoms with E-state index in [0.717, 1.165) is 22.8 Å². The third kappa shape index (κ3) is 5.07. The number of aromatic nitrogens is 1. The van der Waals surface area contributed by atoms with Gasteiger partial charge in [0.15, 0.2) is 0 Å². The molecule has 1 fully saturated rings. The molecular formula is C19H26FN3OS. The highest BCUT2D eigenvalue weighted by molar-refractivity contribution is 7.09. The Morgan fingerprint density at radius 3 is 2.84 bits per heavy atom. The molecule has 3 atom stereocenters. The summed E-state index contributed by atoms with van der Waals surface area (Å²) in [6.07, 6.45) is -0.755. The summed E-state index contributed by atoms with van der Waals surface area (Å²) in [5, 5.41) is 13.5. The van der Waals surface area contributed by atoms with Crippen molar-refractivity contribution in [2.45, 2.75) is 38.2 Å². The summed E-state index contributed by atoms with van der Waals surface area (Å²) in [6.45, 7) is 4.45. The highest BCUT2D eigenvalue weighted by atomic mass is 32.1. The van der Waals surface area contributed by atoms with E-state index < -0.39 is 12.3 Å². The largest absolute Gasteiger partial charge is 0.387 e. The number of nitrogens with zero attached hydrogens (tertiary/aromatic N) is 3. The van der Waals surface area contributed by atoms with Crippen LogP contribution in [-0.4, -0.2) is 58.8 Å². The minimum atomic E-state index is -0.780. The van der Waals surface area contributed by atoms with Crippen molar-refractivity contribution < 1.29 is 9.50 Å². The number of likely N-dealkylation sites (tertiary alicyclic amines) is 1.